The van der Waals surface area contributed by atoms with Crippen LogP contribution in [0.15, 0.2) is 23.1 Å². The molecule has 1 atom stereocenters. The van der Waals surface area contributed by atoms with Crippen molar-refractivity contribution in [3.8, 4) is 6.07 Å². The van der Waals surface area contributed by atoms with Crippen LogP contribution in [-0.2, 0) is 0 Å². The van der Waals surface area contributed by atoms with Crippen LogP contribution in [0.25, 0.3) is 0 Å². The Balaban J connectivity index is 2.53. The van der Waals surface area contributed by atoms with Gasteiger partial charge in [0.05, 0.1) is 6.07 Å². The zero-order valence-electron chi connectivity index (χ0n) is 10.5. The molecule has 0 bridgehead atoms. The standard InChI is InChI=1S/C13H16F2N2S/c1-3-17-13(2,9-16)6-7-18-12-5-4-10(14)8-11(12)15/h4-5,8,17H,3,6-7H2,1-2H3. The lowest BCUT2D eigenvalue weighted by Gasteiger charge is -2.22. The van der Waals surface area contributed by atoms with E-state index in [0.29, 0.717) is 23.6 Å². The highest BCUT2D eigenvalue weighted by Crippen LogP contribution is 2.25. The number of thioether (sulfide) groups is 1. The largest absolute Gasteiger partial charge is 0.300 e. The van der Waals surface area contributed by atoms with E-state index in [0.717, 1.165) is 6.07 Å². The van der Waals surface area contributed by atoms with Crippen LogP contribution >= 0.6 is 11.8 Å². The maximum Gasteiger partial charge on any atom is 0.139 e. The molecule has 1 aromatic carbocycles. The van der Waals surface area contributed by atoms with Gasteiger partial charge in [-0.25, -0.2) is 8.78 Å². The lowest BCUT2D eigenvalue weighted by molar-refractivity contribution is 0.450. The van der Waals surface area contributed by atoms with Crippen LogP contribution in [-0.4, -0.2) is 17.8 Å². The van der Waals surface area contributed by atoms with Crippen molar-refractivity contribution in [2.24, 2.45) is 0 Å². The zero-order valence-corrected chi connectivity index (χ0v) is 11.3. The fourth-order valence-electron chi connectivity index (χ4n) is 1.53. The molecule has 0 spiro atoms. The van der Waals surface area contributed by atoms with Gasteiger partial charge in [-0.2, -0.15) is 5.26 Å². The van der Waals surface area contributed by atoms with Crippen molar-refractivity contribution < 1.29 is 8.78 Å². The molecule has 1 rings (SSSR count). The number of nitriles is 1. The number of benzene rings is 1. The summed E-state index contributed by atoms with van der Waals surface area (Å²) in [4.78, 5) is 0.410. The average molecular weight is 270 g/mol. The molecule has 0 saturated heterocycles. The SMILES string of the molecule is CCNC(C)(C#N)CCSc1ccc(F)cc1F. The summed E-state index contributed by atoms with van der Waals surface area (Å²) >= 11 is 1.29. The van der Waals surface area contributed by atoms with E-state index in [4.69, 9.17) is 5.26 Å². The van der Waals surface area contributed by atoms with Gasteiger partial charge < -0.3 is 0 Å². The monoisotopic (exact) mass is 270 g/mol. The van der Waals surface area contributed by atoms with Crippen LogP contribution in [0.3, 0.4) is 0 Å². The molecular weight excluding hydrogens is 254 g/mol. The Morgan fingerprint density at radius 3 is 2.72 bits per heavy atom. The number of nitrogens with zero attached hydrogens (tertiary/aromatic N) is 1. The van der Waals surface area contributed by atoms with Crippen LogP contribution < -0.4 is 5.32 Å². The lowest BCUT2D eigenvalue weighted by atomic mass is 10.0. The van der Waals surface area contributed by atoms with E-state index in [-0.39, 0.29) is 0 Å². The molecule has 0 fully saturated rings. The van der Waals surface area contributed by atoms with Gasteiger partial charge >= 0.3 is 0 Å². The van der Waals surface area contributed by atoms with Crippen LogP contribution in [0.1, 0.15) is 20.3 Å². The number of halogens is 2. The summed E-state index contributed by atoms with van der Waals surface area (Å²) < 4.78 is 26.1. The predicted octanol–water partition coefficient (Wildman–Crippen LogP) is 3.34. The Labute approximate surface area is 110 Å². The molecule has 0 aliphatic heterocycles. The quantitative estimate of drug-likeness (QED) is 0.805. The molecule has 0 aliphatic rings. The van der Waals surface area contributed by atoms with Crippen molar-refractivity contribution in [3.05, 3.63) is 29.8 Å². The zero-order chi connectivity index (χ0) is 13.6. The van der Waals surface area contributed by atoms with Crippen molar-refractivity contribution in [1.29, 1.82) is 5.26 Å². The first kappa shape index (κ1) is 14.9. The van der Waals surface area contributed by atoms with Gasteiger partial charge in [-0.05, 0) is 32.0 Å². The van der Waals surface area contributed by atoms with E-state index in [1.807, 2.05) is 13.8 Å². The van der Waals surface area contributed by atoms with Gasteiger partial charge in [0.2, 0.25) is 0 Å². The average Bonchev–Trinajstić information content (AvgIpc) is 2.32. The summed E-state index contributed by atoms with van der Waals surface area (Å²) in [5.41, 5.74) is -0.599. The Kier molecular flexibility index (Phi) is 5.57. The van der Waals surface area contributed by atoms with E-state index < -0.39 is 17.2 Å². The number of rotatable bonds is 6. The van der Waals surface area contributed by atoms with Gasteiger partial charge in [-0.15, -0.1) is 11.8 Å². The van der Waals surface area contributed by atoms with Crippen molar-refractivity contribution in [1.82, 2.24) is 5.32 Å². The Hall–Kier alpha value is -1.12. The highest BCUT2D eigenvalue weighted by Gasteiger charge is 2.21. The molecule has 1 unspecified atom stereocenters. The molecule has 1 N–H and O–H groups in total. The molecular formula is C13H16F2N2S. The second-order valence-electron chi connectivity index (χ2n) is 4.15. The Morgan fingerprint density at radius 2 is 2.17 bits per heavy atom. The van der Waals surface area contributed by atoms with Gasteiger partial charge in [0.15, 0.2) is 0 Å². The highest BCUT2D eigenvalue weighted by molar-refractivity contribution is 7.99. The van der Waals surface area contributed by atoms with Gasteiger partial charge in [0.1, 0.15) is 17.2 Å². The second kappa shape index (κ2) is 6.72. The molecule has 0 radical (unpaired) electrons. The summed E-state index contributed by atoms with van der Waals surface area (Å²) in [6.45, 7) is 4.46. The highest BCUT2D eigenvalue weighted by atomic mass is 32.2. The van der Waals surface area contributed by atoms with Crippen LogP contribution in [0.5, 0.6) is 0 Å². The fraction of sp³-hybridized carbons (Fsp3) is 0.462. The fourth-order valence-corrected chi connectivity index (χ4v) is 2.62. The van der Waals surface area contributed by atoms with Crippen LogP contribution in [0.4, 0.5) is 8.78 Å². The summed E-state index contributed by atoms with van der Waals surface area (Å²) in [7, 11) is 0. The van der Waals surface area contributed by atoms with E-state index in [9.17, 15) is 8.78 Å². The third-order valence-corrected chi connectivity index (χ3v) is 3.62. The first-order valence-corrected chi connectivity index (χ1v) is 6.73. The number of nitrogens with one attached hydrogen (secondary N) is 1. The second-order valence-corrected chi connectivity index (χ2v) is 5.28. The minimum Gasteiger partial charge on any atom is -0.300 e. The predicted molar refractivity (Wildman–Crippen MR) is 69.4 cm³/mol. The summed E-state index contributed by atoms with van der Waals surface area (Å²) in [6.07, 6.45) is 0.596. The number of hydrogen-bond acceptors (Lipinski definition) is 3. The molecule has 0 aromatic heterocycles. The minimum absolute atomic E-state index is 0.410. The van der Waals surface area contributed by atoms with E-state index >= 15 is 0 Å². The molecule has 0 amide bonds. The molecule has 5 heteroatoms. The van der Waals surface area contributed by atoms with Crippen molar-refractivity contribution in [2.75, 3.05) is 12.3 Å². The first-order valence-electron chi connectivity index (χ1n) is 5.75. The molecule has 1 aromatic rings. The molecule has 18 heavy (non-hydrogen) atoms. The number of hydrogen-bond donors (Lipinski definition) is 1. The summed E-state index contributed by atoms with van der Waals surface area (Å²) in [6, 6.07) is 5.74. The minimum atomic E-state index is -0.599. The van der Waals surface area contributed by atoms with Gasteiger partial charge in [0.25, 0.3) is 0 Å². The molecule has 2 nitrogen and oxygen atoms in total. The van der Waals surface area contributed by atoms with E-state index in [1.165, 1.54) is 23.9 Å². The lowest BCUT2D eigenvalue weighted by Crippen LogP contribution is -2.41. The van der Waals surface area contributed by atoms with E-state index in [1.54, 1.807) is 0 Å². The first-order chi connectivity index (χ1) is 8.50. The van der Waals surface area contributed by atoms with Crippen LogP contribution in [0, 0.1) is 23.0 Å². The molecule has 0 saturated carbocycles. The Morgan fingerprint density at radius 1 is 1.44 bits per heavy atom. The molecule has 0 heterocycles. The Bertz CT molecular complexity index is 445. The van der Waals surface area contributed by atoms with E-state index in [2.05, 4.69) is 11.4 Å². The van der Waals surface area contributed by atoms with Gasteiger partial charge in [-0.1, -0.05) is 6.92 Å². The third-order valence-electron chi connectivity index (χ3n) is 2.57. The molecule has 98 valence electrons. The van der Waals surface area contributed by atoms with Crippen LogP contribution in [0.2, 0.25) is 0 Å². The van der Waals surface area contributed by atoms with Crippen molar-refractivity contribution >= 4 is 11.8 Å². The third kappa shape index (κ3) is 4.28. The van der Waals surface area contributed by atoms with Gasteiger partial charge in [0, 0.05) is 16.7 Å². The van der Waals surface area contributed by atoms with Gasteiger partial charge in [-0.3, -0.25) is 5.32 Å². The maximum absolute atomic E-state index is 13.4. The van der Waals surface area contributed by atoms with Crippen molar-refractivity contribution in [2.45, 2.75) is 30.7 Å². The summed E-state index contributed by atoms with van der Waals surface area (Å²) in [5, 5.41) is 12.1. The van der Waals surface area contributed by atoms with Crippen molar-refractivity contribution in [3.63, 3.8) is 0 Å². The molecule has 0 aliphatic carbocycles. The topological polar surface area (TPSA) is 35.8 Å². The summed E-state index contributed by atoms with van der Waals surface area (Å²) in [5.74, 6) is -0.534. The smallest absolute Gasteiger partial charge is 0.139 e. The normalized spacial score (nSPS) is 13.9. The maximum atomic E-state index is 13.4.